The van der Waals surface area contributed by atoms with Crippen molar-refractivity contribution < 1.29 is 26.3 Å². The SMILES string of the molecule is CS(=O)(=O)N1CCCN(C2=Nc3ccc(C(F)(F)F)cc3Oc3ccccc32)CC1. The van der Waals surface area contributed by atoms with Crippen molar-refractivity contribution >= 4 is 21.5 Å². The Morgan fingerprint density at radius 3 is 2.50 bits per heavy atom. The van der Waals surface area contributed by atoms with Crippen molar-refractivity contribution in [3.8, 4) is 11.5 Å². The predicted octanol–water partition coefficient (Wildman–Crippen LogP) is 3.86. The van der Waals surface area contributed by atoms with Crippen LogP contribution in [0.1, 0.15) is 17.5 Å². The van der Waals surface area contributed by atoms with Crippen LogP contribution in [0.15, 0.2) is 47.5 Å². The molecule has 0 aromatic heterocycles. The Morgan fingerprint density at radius 2 is 1.77 bits per heavy atom. The van der Waals surface area contributed by atoms with E-state index in [0.29, 0.717) is 55.4 Å². The number of alkyl halides is 3. The van der Waals surface area contributed by atoms with Crippen LogP contribution in [0.3, 0.4) is 0 Å². The van der Waals surface area contributed by atoms with Crippen molar-refractivity contribution in [1.82, 2.24) is 9.21 Å². The highest BCUT2D eigenvalue weighted by molar-refractivity contribution is 7.88. The third-order valence-electron chi connectivity index (χ3n) is 5.08. The minimum atomic E-state index is -4.49. The van der Waals surface area contributed by atoms with E-state index >= 15 is 0 Å². The van der Waals surface area contributed by atoms with E-state index in [2.05, 4.69) is 4.99 Å². The smallest absolute Gasteiger partial charge is 0.416 e. The van der Waals surface area contributed by atoms with Crippen molar-refractivity contribution in [2.24, 2.45) is 4.99 Å². The Balaban J connectivity index is 1.76. The monoisotopic (exact) mass is 439 g/mol. The highest BCUT2D eigenvalue weighted by Gasteiger charge is 2.33. The summed E-state index contributed by atoms with van der Waals surface area (Å²) in [7, 11) is -3.30. The Labute approximate surface area is 172 Å². The topological polar surface area (TPSA) is 62.2 Å². The maximum atomic E-state index is 13.1. The van der Waals surface area contributed by atoms with Crippen molar-refractivity contribution in [2.45, 2.75) is 12.6 Å². The number of halogens is 3. The van der Waals surface area contributed by atoms with Gasteiger partial charge in [-0.2, -0.15) is 13.2 Å². The Kier molecular flexibility index (Phi) is 5.23. The highest BCUT2D eigenvalue weighted by Crippen LogP contribution is 2.41. The van der Waals surface area contributed by atoms with Crippen LogP contribution in [0.5, 0.6) is 11.5 Å². The zero-order chi connectivity index (χ0) is 21.5. The lowest BCUT2D eigenvalue weighted by molar-refractivity contribution is -0.137. The first-order valence-electron chi connectivity index (χ1n) is 9.40. The maximum Gasteiger partial charge on any atom is 0.416 e. The molecule has 0 atom stereocenters. The van der Waals surface area contributed by atoms with Gasteiger partial charge >= 0.3 is 6.18 Å². The molecule has 0 amide bonds. The van der Waals surface area contributed by atoms with Crippen LogP contribution in [-0.4, -0.2) is 55.9 Å². The number of hydrogen-bond donors (Lipinski definition) is 0. The molecule has 2 aliphatic heterocycles. The first-order chi connectivity index (χ1) is 14.1. The van der Waals surface area contributed by atoms with Gasteiger partial charge < -0.3 is 9.64 Å². The molecule has 160 valence electrons. The van der Waals surface area contributed by atoms with Crippen LogP contribution >= 0.6 is 0 Å². The number of amidine groups is 1. The van der Waals surface area contributed by atoms with Crippen LogP contribution in [0.2, 0.25) is 0 Å². The molecule has 30 heavy (non-hydrogen) atoms. The van der Waals surface area contributed by atoms with Gasteiger partial charge in [0.2, 0.25) is 10.0 Å². The molecule has 0 aliphatic carbocycles. The van der Waals surface area contributed by atoms with Crippen molar-refractivity contribution in [1.29, 1.82) is 0 Å². The van der Waals surface area contributed by atoms with Gasteiger partial charge in [-0.25, -0.2) is 17.7 Å². The molecule has 0 N–H and O–H groups in total. The number of rotatable bonds is 1. The molecule has 0 radical (unpaired) electrons. The molecular formula is C20H20F3N3O3S. The van der Waals surface area contributed by atoms with Gasteiger partial charge in [0.05, 0.1) is 17.4 Å². The molecule has 0 unspecified atom stereocenters. The number of hydrogen-bond acceptors (Lipinski definition) is 5. The fraction of sp³-hybridized carbons (Fsp3) is 0.350. The number of para-hydroxylation sites is 1. The van der Waals surface area contributed by atoms with Crippen LogP contribution in [0.4, 0.5) is 18.9 Å². The van der Waals surface area contributed by atoms with E-state index in [9.17, 15) is 21.6 Å². The number of benzene rings is 2. The Morgan fingerprint density at radius 1 is 1.00 bits per heavy atom. The molecule has 2 aliphatic rings. The van der Waals surface area contributed by atoms with Gasteiger partial charge in [0.25, 0.3) is 0 Å². The van der Waals surface area contributed by atoms with E-state index in [0.717, 1.165) is 12.1 Å². The quantitative estimate of drug-likeness (QED) is 0.677. The normalized spacial score (nSPS) is 17.9. The minimum Gasteiger partial charge on any atom is -0.454 e. The second-order valence-corrected chi connectivity index (χ2v) is 9.20. The van der Waals surface area contributed by atoms with Gasteiger partial charge in [0.1, 0.15) is 17.3 Å². The number of fused-ring (bicyclic) bond motifs is 2. The molecule has 0 bridgehead atoms. The second-order valence-electron chi connectivity index (χ2n) is 7.22. The standard InChI is InChI=1S/C20H20F3N3O3S/c1-30(27,28)26-10-4-9-25(11-12-26)19-15-5-2-3-6-17(15)29-18-13-14(20(21,22)23)7-8-16(18)24-19/h2-3,5-8,13H,4,9-12H2,1H3. The van der Waals surface area contributed by atoms with Crippen LogP contribution in [-0.2, 0) is 16.2 Å². The van der Waals surface area contributed by atoms with Gasteiger partial charge in [-0.1, -0.05) is 12.1 Å². The lowest BCUT2D eigenvalue weighted by atomic mass is 10.1. The second kappa shape index (κ2) is 7.59. The van der Waals surface area contributed by atoms with E-state index < -0.39 is 21.8 Å². The van der Waals surface area contributed by atoms with E-state index in [1.165, 1.54) is 16.6 Å². The summed E-state index contributed by atoms with van der Waals surface area (Å²) >= 11 is 0. The van der Waals surface area contributed by atoms with E-state index in [1.54, 1.807) is 24.3 Å². The van der Waals surface area contributed by atoms with Crippen LogP contribution in [0, 0.1) is 0 Å². The van der Waals surface area contributed by atoms with Gasteiger partial charge in [-0.15, -0.1) is 0 Å². The summed E-state index contributed by atoms with van der Waals surface area (Å²) < 4.78 is 70.5. The molecule has 2 heterocycles. The summed E-state index contributed by atoms with van der Waals surface area (Å²) in [4.78, 5) is 6.60. The minimum absolute atomic E-state index is 0.0276. The van der Waals surface area contributed by atoms with Gasteiger partial charge in [0, 0.05) is 26.2 Å². The van der Waals surface area contributed by atoms with Crippen LogP contribution in [0.25, 0.3) is 0 Å². The van der Waals surface area contributed by atoms with Crippen molar-refractivity contribution in [2.75, 3.05) is 32.4 Å². The largest absolute Gasteiger partial charge is 0.454 e. The summed E-state index contributed by atoms with van der Waals surface area (Å²) in [6.45, 7) is 1.69. The summed E-state index contributed by atoms with van der Waals surface area (Å²) in [5.41, 5.74) is 0.129. The lowest BCUT2D eigenvalue weighted by Gasteiger charge is -2.25. The third kappa shape index (κ3) is 4.15. The van der Waals surface area contributed by atoms with Gasteiger partial charge in [-0.3, -0.25) is 0 Å². The van der Waals surface area contributed by atoms with E-state index in [1.807, 2.05) is 4.90 Å². The van der Waals surface area contributed by atoms with E-state index in [-0.39, 0.29) is 5.75 Å². The third-order valence-corrected chi connectivity index (χ3v) is 6.39. The predicted molar refractivity (Wildman–Crippen MR) is 107 cm³/mol. The fourth-order valence-electron chi connectivity index (χ4n) is 3.58. The summed E-state index contributed by atoms with van der Waals surface area (Å²) in [5, 5.41) is 0. The zero-order valence-corrected chi connectivity index (χ0v) is 17.0. The van der Waals surface area contributed by atoms with Gasteiger partial charge in [-0.05, 0) is 36.8 Å². The molecule has 10 heteroatoms. The Bertz CT molecular complexity index is 1100. The average Bonchev–Trinajstić information content (AvgIpc) is 3.01. The number of aliphatic imine (C=N–C) groups is 1. The first kappa shape index (κ1) is 20.7. The molecule has 1 fully saturated rings. The fourth-order valence-corrected chi connectivity index (χ4v) is 4.45. The molecule has 4 rings (SSSR count). The van der Waals surface area contributed by atoms with Gasteiger partial charge in [0.15, 0.2) is 5.75 Å². The highest BCUT2D eigenvalue weighted by atomic mass is 32.2. The molecule has 1 saturated heterocycles. The van der Waals surface area contributed by atoms with Crippen molar-refractivity contribution in [3.05, 3.63) is 53.6 Å². The number of nitrogens with zero attached hydrogens (tertiary/aromatic N) is 3. The maximum absolute atomic E-state index is 13.1. The summed E-state index contributed by atoms with van der Waals surface area (Å²) in [6, 6.07) is 10.2. The lowest BCUT2D eigenvalue weighted by Crippen LogP contribution is -2.37. The van der Waals surface area contributed by atoms with E-state index in [4.69, 9.17) is 4.74 Å². The Hall–Kier alpha value is -2.59. The summed E-state index contributed by atoms with van der Waals surface area (Å²) in [5.74, 6) is 0.984. The molecule has 2 aromatic rings. The molecular weight excluding hydrogens is 419 g/mol. The molecule has 2 aromatic carbocycles. The molecule has 0 saturated carbocycles. The van der Waals surface area contributed by atoms with Crippen LogP contribution < -0.4 is 4.74 Å². The number of sulfonamides is 1. The van der Waals surface area contributed by atoms with Crippen molar-refractivity contribution in [3.63, 3.8) is 0 Å². The number of ether oxygens (including phenoxy) is 1. The molecule has 6 nitrogen and oxygen atoms in total. The zero-order valence-electron chi connectivity index (χ0n) is 16.2. The first-order valence-corrected chi connectivity index (χ1v) is 11.2. The molecule has 0 spiro atoms. The summed E-state index contributed by atoms with van der Waals surface area (Å²) in [6.07, 6.45) is -2.70. The average molecular weight is 439 g/mol.